The van der Waals surface area contributed by atoms with Gasteiger partial charge in [0.25, 0.3) is 0 Å². The van der Waals surface area contributed by atoms with Crippen molar-refractivity contribution in [3.63, 3.8) is 0 Å². The van der Waals surface area contributed by atoms with Crippen molar-refractivity contribution >= 4 is 5.84 Å². The number of hydrogen-bond donors (Lipinski definition) is 2. The number of methoxy groups -OCH3 is 1. The Balaban J connectivity index is 2.23. The molecule has 0 saturated heterocycles. The van der Waals surface area contributed by atoms with E-state index in [0.29, 0.717) is 17.4 Å². The van der Waals surface area contributed by atoms with Crippen LogP contribution in [0.5, 0.6) is 5.75 Å². The van der Waals surface area contributed by atoms with Crippen molar-refractivity contribution in [3.8, 4) is 5.75 Å². The smallest absolute Gasteiger partial charge is 0.173 e. The highest BCUT2D eigenvalue weighted by Gasteiger charge is 2.14. The number of nitrogens with two attached hydrogens (primary N) is 1. The molecule has 2 aromatic carbocycles. The van der Waals surface area contributed by atoms with E-state index < -0.39 is 0 Å². The molecular formula is C19H25N3O2. The lowest BCUT2D eigenvalue weighted by Crippen LogP contribution is -2.30. The molecule has 0 unspecified atom stereocenters. The summed E-state index contributed by atoms with van der Waals surface area (Å²) in [6, 6.07) is 16.5. The summed E-state index contributed by atoms with van der Waals surface area (Å²) >= 11 is 0. The van der Waals surface area contributed by atoms with Gasteiger partial charge >= 0.3 is 0 Å². The zero-order valence-electron chi connectivity index (χ0n) is 14.4. The third-order valence-corrected chi connectivity index (χ3v) is 3.99. The van der Waals surface area contributed by atoms with Crippen molar-refractivity contribution in [2.75, 3.05) is 7.11 Å². The van der Waals surface area contributed by atoms with E-state index in [1.165, 1.54) is 5.56 Å². The molecule has 2 aromatic rings. The summed E-state index contributed by atoms with van der Waals surface area (Å²) in [6.45, 7) is 5.99. The van der Waals surface area contributed by atoms with Gasteiger partial charge in [-0.3, -0.25) is 4.90 Å². The minimum Gasteiger partial charge on any atom is -0.496 e. The first-order valence-electron chi connectivity index (χ1n) is 7.98. The molecule has 0 bridgehead atoms. The Morgan fingerprint density at radius 2 is 1.79 bits per heavy atom. The van der Waals surface area contributed by atoms with Crippen LogP contribution in [0.3, 0.4) is 0 Å². The number of amidine groups is 1. The number of ether oxygens (including phenoxy) is 1. The topological polar surface area (TPSA) is 71.1 Å². The first-order valence-corrected chi connectivity index (χ1v) is 7.98. The largest absolute Gasteiger partial charge is 0.496 e. The molecule has 0 heterocycles. The van der Waals surface area contributed by atoms with E-state index in [2.05, 4.69) is 48.2 Å². The van der Waals surface area contributed by atoms with Crippen LogP contribution >= 0.6 is 0 Å². The van der Waals surface area contributed by atoms with Gasteiger partial charge in [0, 0.05) is 19.1 Å². The molecule has 128 valence electrons. The highest BCUT2D eigenvalue weighted by Crippen LogP contribution is 2.22. The van der Waals surface area contributed by atoms with Crippen molar-refractivity contribution in [1.29, 1.82) is 0 Å². The van der Waals surface area contributed by atoms with Crippen LogP contribution in [-0.2, 0) is 13.1 Å². The van der Waals surface area contributed by atoms with Crippen molar-refractivity contribution in [2.24, 2.45) is 10.9 Å². The normalized spacial score (nSPS) is 12.0. The molecule has 0 aliphatic carbocycles. The fourth-order valence-corrected chi connectivity index (χ4v) is 2.58. The highest BCUT2D eigenvalue weighted by atomic mass is 16.5. The second-order valence-electron chi connectivity index (χ2n) is 6.00. The lowest BCUT2D eigenvalue weighted by molar-refractivity contribution is 0.203. The van der Waals surface area contributed by atoms with Gasteiger partial charge in [0.15, 0.2) is 5.84 Å². The average molecular weight is 327 g/mol. The number of hydrogen-bond acceptors (Lipinski definition) is 4. The summed E-state index contributed by atoms with van der Waals surface area (Å²) in [5.74, 6) is 0.640. The lowest BCUT2D eigenvalue weighted by Gasteiger charge is -2.27. The second kappa shape index (κ2) is 8.36. The second-order valence-corrected chi connectivity index (χ2v) is 6.00. The maximum Gasteiger partial charge on any atom is 0.173 e. The Hall–Kier alpha value is -2.53. The van der Waals surface area contributed by atoms with Crippen molar-refractivity contribution in [1.82, 2.24) is 4.90 Å². The van der Waals surface area contributed by atoms with Crippen LogP contribution in [-0.4, -0.2) is 29.1 Å². The quantitative estimate of drug-likeness (QED) is 0.354. The van der Waals surface area contributed by atoms with Gasteiger partial charge in [-0.05, 0) is 37.1 Å². The molecule has 0 radical (unpaired) electrons. The molecule has 0 fully saturated rings. The zero-order valence-corrected chi connectivity index (χ0v) is 14.4. The number of rotatable bonds is 7. The molecule has 0 spiro atoms. The van der Waals surface area contributed by atoms with Gasteiger partial charge in [0.2, 0.25) is 0 Å². The Bertz CT molecular complexity index is 684. The van der Waals surface area contributed by atoms with E-state index in [-0.39, 0.29) is 5.84 Å². The van der Waals surface area contributed by atoms with Crippen LogP contribution in [0.2, 0.25) is 0 Å². The molecule has 0 atom stereocenters. The monoisotopic (exact) mass is 327 g/mol. The van der Waals surface area contributed by atoms with E-state index in [4.69, 9.17) is 15.7 Å². The van der Waals surface area contributed by atoms with Crippen LogP contribution in [0.1, 0.15) is 30.5 Å². The number of oxime groups is 1. The molecule has 0 saturated carbocycles. The molecular weight excluding hydrogens is 302 g/mol. The van der Waals surface area contributed by atoms with Gasteiger partial charge in [0.1, 0.15) is 5.75 Å². The number of benzene rings is 2. The Morgan fingerprint density at radius 3 is 2.38 bits per heavy atom. The van der Waals surface area contributed by atoms with Crippen LogP contribution in [0.4, 0.5) is 0 Å². The zero-order chi connectivity index (χ0) is 17.5. The van der Waals surface area contributed by atoms with Gasteiger partial charge in [0.05, 0.1) is 12.7 Å². The molecule has 0 aliphatic heterocycles. The first kappa shape index (κ1) is 17.8. The maximum atomic E-state index is 8.96. The van der Waals surface area contributed by atoms with Gasteiger partial charge < -0.3 is 15.7 Å². The number of nitrogens with zero attached hydrogens (tertiary/aromatic N) is 2. The standard InChI is InChI=1S/C19H25N3O2/c1-14(2)22(12-15-7-5-4-6-8-15)13-16-9-10-18(24-3)17(11-16)19(20)21-23/h4-11,14,23H,12-13H2,1-3H3,(H2,20,21). The highest BCUT2D eigenvalue weighted by molar-refractivity contribution is 5.99. The van der Waals surface area contributed by atoms with Crippen molar-refractivity contribution < 1.29 is 9.94 Å². The summed E-state index contributed by atoms with van der Waals surface area (Å²) in [5, 5.41) is 12.1. The van der Waals surface area contributed by atoms with Crippen LogP contribution in [0, 0.1) is 0 Å². The molecule has 0 aliphatic rings. The van der Waals surface area contributed by atoms with E-state index in [1.807, 2.05) is 24.3 Å². The fourth-order valence-electron chi connectivity index (χ4n) is 2.58. The summed E-state index contributed by atoms with van der Waals surface area (Å²) in [7, 11) is 1.57. The van der Waals surface area contributed by atoms with Gasteiger partial charge in [-0.2, -0.15) is 0 Å². The Kier molecular flexibility index (Phi) is 6.21. The minimum absolute atomic E-state index is 0.0489. The summed E-state index contributed by atoms with van der Waals surface area (Å²) in [4.78, 5) is 2.37. The Labute approximate surface area is 143 Å². The maximum absolute atomic E-state index is 8.96. The van der Waals surface area contributed by atoms with Gasteiger partial charge in [-0.1, -0.05) is 41.6 Å². The average Bonchev–Trinajstić information content (AvgIpc) is 2.61. The predicted molar refractivity (Wildman–Crippen MR) is 96.3 cm³/mol. The Morgan fingerprint density at radius 1 is 1.12 bits per heavy atom. The molecule has 5 nitrogen and oxygen atoms in total. The minimum atomic E-state index is 0.0489. The summed E-state index contributed by atoms with van der Waals surface area (Å²) < 4.78 is 5.29. The van der Waals surface area contributed by atoms with E-state index >= 15 is 0 Å². The van der Waals surface area contributed by atoms with Gasteiger partial charge in [-0.15, -0.1) is 0 Å². The first-order chi connectivity index (χ1) is 11.5. The molecule has 5 heteroatoms. The third-order valence-electron chi connectivity index (χ3n) is 3.99. The SMILES string of the molecule is COc1ccc(CN(Cc2ccccc2)C(C)C)cc1/C(N)=N/O. The van der Waals surface area contributed by atoms with Crippen molar-refractivity contribution in [2.45, 2.75) is 33.0 Å². The molecule has 0 aromatic heterocycles. The molecule has 24 heavy (non-hydrogen) atoms. The van der Waals surface area contributed by atoms with E-state index in [9.17, 15) is 0 Å². The predicted octanol–water partition coefficient (Wildman–Crippen LogP) is 3.20. The van der Waals surface area contributed by atoms with Crippen LogP contribution in [0.15, 0.2) is 53.7 Å². The van der Waals surface area contributed by atoms with Crippen LogP contribution < -0.4 is 10.5 Å². The molecule has 0 amide bonds. The van der Waals surface area contributed by atoms with Crippen molar-refractivity contribution in [3.05, 3.63) is 65.2 Å². The summed E-state index contributed by atoms with van der Waals surface area (Å²) in [5.41, 5.74) is 8.72. The van der Waals surface area contributed by atoms with Gasteiger partial charge in [-0.25, -0.2) is 0 Å². The molecule has 3 N–H and O–H groups in total. The van der Waals surface area contributed by atoms with E-state index in [0.717, 1.165) is 18.7 Å². The van der Waals surface area contributed by atoms with Crippen LogP contribution in [0.25, 0.3) is 0 Å². The molecule has 2 rings (SSSR count). The fraction of sp³-hybridized carbons (Fsp3) is 0.316. The third kappa shape index (κ3) is 4.49. The van der Waals surface area contributed by atoms with E-state index in [1.54, 1.807) is 7.11 Å². The summed E-state index contributed by atoms with van der Waals surface area (Å²) in [6.07, 6.45) is 0. The lowest BCUT2D eigenvalue weighted by atomic mass is 10.1.